The molecule has 12 heavy (non-hydrogen) atoms. The van der Waals surface area contributed by atoms with Crippen molar-refractivity contribution in [2.75, 3.05) is 13.1 Å². The highest BCUT2D eigenvalue weighted by molar-refractivity contribution is 5.65. The van der Waals surface area contributed by atoms with Gasteiger partial charge in [-0.3, -0.25) is 0 Å². The molecule has 0 spiro atoms. The number of carbonyl (C=O) groups is 1. The lowest BCUT2D eigenvalue weighted by atomic mass is 10.0. The fourth-order valence-corrected chi connectivity index (χ4v) is 1.15. The van der Waals surface area contributed by atoms with Crippen molar-refractivity contribution in [2.24, 2.45) is 0 Å². The molecule has 1 amide bonds. The number of rotatable bonds is 0. The Morgan fingerprint density at radius 1 is 1.17 bits per heavy atom. The predicted octanol–water partition coefficient (Wildman–Crippen LogP) is -1.94. The molecule has 1 fully saturated rings. The standard InChI is InChI=1S/C6H11NO5/c8-3-1-7(6(11)12)2-4(9)5(3)10/h3-5,8-10H,1-2H2,(H,11,12). The molecule has 0 aliphatic carbocycles. The number of hydrogen-bond acceptors (Lipinski definition) is 4. The predicted molar refractivity (Wildman–Crippen MR) is 37.6 cm³/mol. The van der Waals surface area contributed by atoms with Crippen molar-refractivity contribution < 1.29 is 25.2 Å². The number of carboxylic acid groups (broad SMARTS) is 1. The van der Waals surface area contributed by atoms with Gasteiger partial charge in [-0.2, -0.15) is 0 Å². The van der Waals surface area contributed by atoms with E-state index in [4.69, 9.17) is 20.4 Å². The first-order valence-electron chi connectivity index (χ1n) is 3.54. The van der Waals surface area contributed by atoms with Crippen LogP contribution in [-0.2, 0) is 0 Å². The van der Waals surface area contributed by atoms with Gasteiger partial charge in [-0.25, -0.2) is 4.79 Å². The van der Waals surface area contributed by atoms with Crippen LogP contribution in [0.5, 0.6) is 0 Å². The number of amides is 1. The van der Waals surface area contributed by atoms with Gasteiger partial charge < -0.3 is 25.3 Å². The Balaban J connectivity index is 2.59. The summed E-state index contributed by atoms with van der Waals surface area (Å²) in [6.45, 7) is -0.318. The SMILES string of the molecule is O=C(O)N1CC(O)C(O)C(O)C1. The van der Waals surface area contributed by atoms with E-state index in [-0.39, 0.29) is 13.1 Å². The Labute approximate surface area is 68.7 Å². The summed E-state index contributed by atoms with van der Waals surface area (Å²) < 4.78 is 0. The molecule has 4 N–H and O–H groups in total. The van der Waals surface area contributed by atoms with E-state index in [0.29, 0.717) is 0 Å². The van der Waals surface area contributed by atoms with Crippen molar-refractivity contribution in [3.05, 3.63) is 0 Å². The molecule has 2 atom stereocenters. The summed E-state index contributed by atoms with van der Waals surface area (Å²) in [5.41, 5.74) is 0. The van der Waals surface area contributed by atoms with Gasteiger partial charge >= 0.3 is 6.09 Å². The van der Waals surface area contributed by atoms with Gasteiger partial charge in [0.2, 0.25) is 0 Å². The monoisotopic (exact) mass is 177 g/mol. The topological polar surface area (TPSA) is 101 Å². The molecule has 1 rings (SSSR count). The molecule has 1 aliphatic heterocycles. The van der Waals surface area contributed by atoms with E-state index in [2.05, 4.69) is 0 Å². The number of piperidine rings is 1. The molecule has 0 bridgehead atoms. The van der Waals surface area contributed by atoms with Crippen LogP contribution < -0.4 is 0 Å². The molecule has 6 heteroatoms. The Bertz CT molecular complexity index is 173. The highest BCUT2D eigenvalue weighted by Crippen LogP contribution is 2.11. The normalized spacial score (nSPS) is 36.6. The van der Waals surface area contributed by atoms with Crippen LogP contribution in [0.3, 0.4) is 0 Å². The first-order chi connectivity index (χ1) is 5.52. The molecule has 2 unspecified atom stereocenters. The van der Waals surface area contributed by atoms with E-state index < -0.39 is 24.4 Å². The molecule has 0 aromatic heterocycles. The number of β-amino-alcohol motifs (C(OH)–C–C–N with tert-alkyl or cyclic N) is 2. The maximum absolute atomic E-state index is 10.4. The molecule has 1 aliphatic rings. The van der Waals surface area contributed by atoms with Crippen molar-refractivity contribution in [3.8, 4) is 0 Å². The third kappa shape index (κ3) is 1.66. The number of nitrogens with zero attached hydrogens (tertiary/aromatic N) is 1. The van der Waals surface area contributed by atoms with Crippen LogP contribution in [0.1, 0.15) is 0 Å². The van der Waals surface area contributed by atoms with Crippen molar-refractivity contribution in [2.45, 2.75) is 18.3 Å². The molecule has 1 heterocycles. The van der Waals surface area contributed by atoms with Crippen molar-refractivity contribution in [1.82, 2.24) is 4.90 Å². The second-order valence-electron chi connectivity index (χ2n) is 2.81. The van der Waals surface area contributed by atoms with Gasteiger partial charge in [-0.1, -0.05) is 0 Å². The summed E-state index contributed by atoms with van der Waals surface area (Å²) in [6, 6.07) is 0. The molecule has 0 aromatic rings. The molecule has 0 radical (unpaired) electrons. The van der Waals surface area contributed by atoms with E-state index in [1.807, 2.05) is 0 Å². The third-order valence-electron chi connectivity index (χ3n) is 1.87. The summed E-state index contributed by atoms with van der Waals surface area (Å²) in [4.78, 5) is 11.2. The third-order valence-corrected chi connectivity index (χ3v) is 1.87. The fourth-order valence-electron chi connectivity index (χ4n) is 1.15. The highest BCUT2D eigenvalue weighted by atomic mass is 16.4. The van der Waals surface area contributed by atoms with Gasteiger partial charge in [-0.05, 0) is 0 Å². The second kappa shape index (κ2) is 3.26. The fraction of sp³-hybridized carbons (Fsp3) is 0.833. The maximum Gasteiger partial charge on any atom is 0.407 e. The van der Waals surface area contributed by atoms with Gasteiger partial charge in [0.05, 0.1) is 13.1 Å². The van der Waals surface area contributed by atoms with Crippen molar-refractivity contribution in [1.29, 1.82) is 0 Å². The molecular weight excluding hydrogens is 166 g/mol. The lowest BCUT2D eigenvalue weighted by Crippen LogP contribution is -2.56. The lowest BCUT2D eigenvalue weighted by Gasteiger charge is -2.35. The molecule has 70 valence electrons. The van der Waals surface area contributed by atoms with E-state index >= 15 is 0 Å². The Morgan fingerprint density at radius 3 is 1.92 bits per heavy atom. The summed E-state index contributed by atoms with van der Waals surface area (Å²) in [6.07, 6.45) is -4.87. The average Bonchev–Trinajstić information content (AvgIpc) is 1.99. The van der Waals surface area contributed by atoms with Crippen molar-refractivity contribution >= 4 is 6.09 Å². The minimum absolute atomic E-state index is 0.159. The van der Waals surface area contributed by atoms with Crippen molar-refractivity contribution in [3.63, 3.8) is 0 Å². The molecular formula is C6H11NO5. The van der Waals surface area contributed by atoms with Crippen LogP contribution in [0.25, 0.3) is 0 Å². The lowest BCUT2D eigenvalue weighted by molar-refractivity contribution is -0.103. The van der Waals surface area contributed by atoms with Crippen LogP contribution in [-0.4, -0.2) is 62.8 Å². The molecule has 0 aromatic carbocycles. The Kier molecular flexibility index (Phi) is 2.51. The minimum atomic E-state index is -1.25. The van der Waals surface area contributed by atoms with Crippen LogP contribution in [0.4, 0.5) is 4.79 Å². The second-order valence-corrected chi connectivity index (χ2v) is 2.81. The number of likely N-dealkylation sites (tertiary alicyclic amines) is 1. The largest absolute Gasteiger partial charge is 0.465 e. The van der Waals surface area contributed by atoms with E-state index in [9.17, 15) is 4.79 Å². The molecule has 0 saturated carbocycles. The van der Waals surface area contributed by atoms with Gasteiger partial charge in [0.15, 0.2) is 0 Å². The number of hydrogen-bond donors (Lipinski definition) is 4. The molecule has 6 nitrogen and oxygen atoms in total. The van der Waals surface area contributed by atoms with E-state index in [1.165, 1.54) is 0 Å². The van der Waals surface area contributed by atoms with Gasteiger partial charge in [-0.15, -0.1) is 0 Å². The van der Waals surface area contributed by atoms with Crippen LogP contribution >= 0.6 is 0 Å². The Hall–Kier alpha value is -0.850. The quantitative estimate of drug-likeness (QED) is 0.345. The smallest absolute Gasteiger partial charge is 0.407 e. The van der Waals surface area contributed by atoms with Gasteiger partial charge in [0, 0.05) is 0 Å². The summed E-state index contributed by atoms with van der Waals surface area (Å²) in [5, 5.41) is 35.6. The minimum Gasteiger partial charge on any atom is -0.465 e. The van der Waals surface area contributed by atoms with E-state index in [1.54, 1.807) is 0 Å². The van der Waals surface area contributed by atoms with Gasteiger partial charge in [0.25, 0.3) is 0 Å². The first-order valence-corrected chi connectivity index (χ1v) is 3.54. The van der Waals surface area contributed by atoms with Gasteiger partial charge in [0.1, 0.15) is 18.3 Å². The summed E-state index contributed by atoms with van der Waals surface area (Å²) >= 11 is 0. The Morgan fingerprint density at radius 2 is 1.58 bits per heavy atom. The maximum atomic E-state index is 10.4. The van der Waals surface area contributed by atoms with Crippen LogP contribution in [0, 0.1) is 0 Å². The summed E-state index contributed by atoms with van der Waals surface area (Å²) in [7, 11) is 0. The zero-order chi connectivity index (χ0) is 9.30. The molecule has 1 saturated heterocycles. The highest BCUT2D eigenvalue weighted by Gasteiger charge is 2.35. The van der Waals surface area contributed by atoms with Crippen LogP contribution in [0.2, 0.25) is 0 Å². The number of aliphatic hydroxyl groups is 3. The number of aliphatic hydroxyl groups excluding tert-OH is 3. The average molecular weight is 177 g/mol. The zero-order valence-corrected chi connectivity index (χ0v) is 6.29. The summed E-state index contributed by atoms with van der Waals surface area (Å²) in [5.74, 6) is 0. The van der Waals surface area contributed by atoms with Crippen LogP contribution in [0.15, 0.2) is 0 Å². The zero-order valence-electron chi connectivity index (χ0n) is 6.29. The first kappa shape index (κ1) is 9.24. The van der Waals surface area contributed by atoms with E-state index in [0.717, 1.165) is 4.90 Å².